The number of nitrogens with zero attached hydrogens (tertiary/aromatic N) is 3. The van der Waals surface area contributed by atoms with E-state index in [0.717, 1.165) is 0 Å². The van der Waals surface area contributed by atoms with Crippen LogP contribution in [0.2, 0.25) is 0 Å². The molecule has 0 aliphatic rings. The molecule has 110 valence electrons. The van der Waals surface area contributed by atoms with Crippen molar-refractivity contribution in [3.8, 4) is 0 Å². The summed E-state index contributed by atoms with van der Waals surface area (Å²) >= 11 is 1.19. The fraction of sp³-hybridized carbons (Fsp3) is 0.154. The summed E-state index contributed by atoms with van der Waals surface area (Å²) < 4.78 is 0. The van der Waals surface area contributed by atoms with Gasteiger partial charge in [-0.1, -0.05) is 0 Å². The van der Waals surface area contributed by atoms with Crippen molar-refractivity contribution in [2.45, 2.75) is 10.1 Å². The molecule has 2 rings (SSSR count). The van der Waals surface area contributed by atoms with Gasteiger partial charge in [-0.25, -0.2) is 9.97 Å². The van der Waals surface area contributed by atoms with Crippen molar-refractivity contribution in [3.63, 3.8) is 0 Å². The molecular weight excluding hydrogens is 288 g/mol. The van der Waals surface area contributed by atoms with Gasteiger partial charge in [-0.3, -0.25) is 4.79 Å². The van der Waals surface area contributed by atoms with Gasteiger partial charge < -0.3 is 22.1 Å². The van der Waals surface area contributed by atoms with Crippen LogP contribution in [0.25, 0.3) is 0 Å². The maximum absolute atomic E-state index is 12.2. The Bertz CT molecular complexity index is 668. The van der Waals surface area contributed by atoms with Crippen LogP contribution >= 0.6 is 11.8 Å². The first kappa shape index (κ1) is 14.9. The van der Waals surface area contributed by atoms with Crippen LogP contribution in [0.1, 0.15) is 10.4 Å². The largest absolute Gasteiger partial charge is 0.399 e. The van der Waals surface area contributed by atoms with Crippen LogP contribution in [0.3, 0.4) is 0 Å². The minimum absolute atomic E-state index is 0.130. The highest BCUT2D eigenvalue weighted by molar-refractivity contribution is 7.99. The van der Waals surface area contributed by atoms with Crippen LogP contribution in [0.15, 0.2) is 34.3 Å². The van der Waals surface area contributed by atoms with Gasteiger partial charge in [-0.05, 0) is 30.0 Å². The van der Waals surface area contributed by atoms with Crippen LogP contribution in [0.4, 0.5) is 17.3 Å². The van der Waals surface area contributed by atoms with Gasteiger partial charge in [0, 0.05) is 30.7 Å². The van der Waals surface area contributed by atoms with Crippen LogP contribution < -0.4 is 17.2 Å². The molecule has 0 bridgehead atoms. The summed E-state index contributed by atoms with van der Waals surface area (Å²) in [6.45, 7) is 0. The molecule has 0 saturated carbocycles. The maximum Gasteiger partial charge on any atom is 0.254 e. The summed E-state index contributed by atoms with van der Waals surface area (Å²) in [4.78, 5) is 22.5. The number of benzene rings is 1. The molecule has 6 N–H and O–H groups in total. The number of carbonyl (C=O) groups excluding carboxylic acids is 1. The van der Waals surface area contributed by atoms with Crippen molar-refractivity contribution in [1.29, 1.82) is 0 Å². The van der Waals surface area contributed by atoms with Crippen LogP contribution in [0, 0.1) is 0 Å². The molecule has 0 fully saturated rings. The van der Waals surface area contributed by atoms with Crippen molar-refractivity contribution in [3.05, 3.63) is 29.8 Å². The van der Waals surface area contributed by atoms with E-state index in [9.17, 15) is 4.79 Å². The van der Waals surface area contributed by atoms with Crippen molar-refractivity contribution in [2.75, 3.05) is 31.3 Å². The first-order valence-corrected chi connectivity index (χ1v) is 6.87. The van der Waals surface area contributed by atoms with E-state index in [0.29, 0.717) is 21.3 Å². The lowest BCUT2D eigenvalue weighted by molar-refractivity contribution is 0.0824. The molecule has 0 unspecified atom stereocenters. The second-order valence-corrected chi connectivity index (χ2v) is 5.57. The van der Waals surface area contributed by atoms with Crippen LogP contribution in [-0.4, -0.2) is 34.9 Å². The molecule has 7 nitrogen and oxygen atoms in total. The Hall–Kier alpha value is -2.48. The number of anilines is 3. The Morgan fingerprint density at radius 3 is 2.29 bits per heavy atom. The number of nitrogens with two attached hydrogens (primary N) is 3. The topological polar surface area (TPSA) is 124 Å². The van der Waals surface area contributed by atoms with Gasteiger partial charge in [0.2, 0.25) is 0 Å². The average molecular weight is 304 g/mol. The highest BCUT2D eigenvalue weighted by atomic mass is 32.2. The van der Waals surface area contributed by atoms with Crippen LogP contribution in [-0.2, 0) is 0 Å². The van der Waals surface area contributed by atoms with E-state index in [1.165, 1.54) is 22.7 Å². The van der Waals surface area contributed by atoms with E-state index in [1.807, 2.05) is 0 Å². The third kappa shape index (κ3) is 3.54. The van der Waals surface area contributed by atoms with Crippen molar-refractivity contribution in [1.82, 2.24) is 14.9 Å². The lowest BCUT2D eigenvalue weighted by Gasteiger charge is -2.14. The zero-order valence-electron chi connectivity index (χ0n) is 11.7. The Morgan fingerprint density at radius 1 is 1.10 bits per heavy atom. The normalized spacial score (nSPS) is 10.4. The standard InChI is InChI=1S/C13H16N6OS/c1-19(2)12(20)8-4-3-7(14)5-9(8)21-13-17-10(15)6-11(16)18-13/h3-6H,14H2,1-2H3,(H4,15,16,17,18). The second-order valence-electron chi connectivity index (χ2n) is 4.56. The zero-order chi connectivity index (χ0) is 15.6. The molecule has 0 spiro atoms. The van der Waals surface area contributed by atoms with Gasteiger partial charge in [0.05, 0.1) is 5.56 Å². The molecule has 0 aliphatic heterocycles. The van der Waals surface area contributed by atoms with Gasteiger partial charge in [-0.2, -0.15) is 0 Å². The van der Waals surface area contributed by atoms with Crippen molar-refractivity contribution < 1.29 is 4.79 Å². The van der Waals surface area contributed by atoms with E-state index in [2.05, 4.69) is 9.97 Å². The average Bonchev–Trinajstić information content (AvgIpc) is 2.36. The molecule has 1 heterocycles. The number of amides is 1. The monoisotopic (exact) mass is 304 g/mol. The molecule has 0 atom stereocenters. The lowest BCUT2D eigenvalue weighted by atomic mass is 10.2. The van der Waals surface area contributed by atoms with E-state index in [1.54, 1.807) is 32.3 Å². The third-order valence-corrected chi connectivity index (χ3v) is 3.51. The summed E-state index contributed by atoms with van der Waals surface area (Å²) in [6.07, 6.45) is 0. The third-order valence-electron chi connectivity index (χ3n) is 2.59. The predicted octanol–water partition coefficient (Wildman–Crippen LogP) is 1.08. The summed E-state index contributed by atoms with van der Waals surface area (Å²) in [5, 5.41) is 0.367. The smallest absolute Gasteiger partial charge is 0.254 e. The summed E-state index contributed by atoms with van der Waals surface area (Å²) in [7, 11) is 3.37. The van der Waals surface area contributed by atoms with E-state index in [4.69, 9.17) is 17.2 Å². The van der Waals surface area contributed by atoms with Gasteiger partial charge >= 0.3 is 0 Å². The quantitative estimate of drug-likeness (QED) is 0.572. The molecule has 0 saturated heterocycles. The number of nitrogen functional groups attached to an aromatic ring is 3. The summed E-state index contributed by atoms with van der Waals surface area (Å²) in [5.74, 6) is 0.415. The Labute approximate surface area is 126 Å². The Morgan fingerprint density at radius 2 is 1.71 bits per heavy atom. The number of aromatic nitrogens is 2. The van der Waals surface area contributed by atoms with Gasteiger partial charge in [-0.15, -0.1) is 0 Å². The maximum atomic E-state index is 12.2. The lowest BCUT2D eigenvalue weighted by Crippen LogP contribution is -2.22. The SMILES string of the molecule is CN(C)C(=O)c1ccc(N)cc1Sc1nc(N)cc(N)n1. The number of carbonyl (C=O) groups is 1. The molecular formula is C13H16N6OS. The van der Waals surface area contributed by atoms with E-state index in [-0.39, 0.29) is 17.5 Å². The zero-order valence-corrected chi connectivity index (χ0v) is 12.5. The van der Waals surface area contributed by atoms with Crippen molar-refractivity contribution >= 4 is 35.0 Å². The number of rotatable bonds is 3. The minimum atomic E-state index is -0.130. The Kier molecular flexibility index (Phi) is 4.18. The first-order chi connectivity index (χ1) is 9.86. The number of hydrogen-bond donors (Lipinski definition) is 3. The first-order valence-electron chi connectivity index (χ1n) is 6.06. The second kappa shape index (κ2) is 5.88. The molecule has 1 aromatic carbocycles. The molecule has 0 aliphatic carbocycles. The molecule has 1 aromatic heterocycles. The Balaban J connectivity index is 2.43. The fourth-order valence-corrected chi connectivity index (χ4v) is 2.61. The van der Waals surface area contributed by atoms with Crippen molar-refractivity contribution in [2.24, 2.45) is 0 Å². The minimum Gasteiger partial charge on any atom is -0.399 e. The fourth-order valence-electron chi connectivity index (χ4n) is 1.65. The highest BCUT2D eigenvalue weighted by Gasteiger charge is 2.16. The van der Waals surface area contributed by atoms with Gasteiger partial charge in [0.15, 0.2) is 5.16 Å². The molecule has 0 radical (unpaired) electrons. The van der Waals surface area contributed by atoms with E-state index >= 15 is 0 Å². The molecule has 1 amide bonds. The van der Waals surface area contributed by atoms with Gasteiger partial charge in [0.1, 0.15) is 11.6 Å². The predicted molar refractivity (Wildman–Crippen MR) is 83.9 cm³/mol. The molecule has 8 heteroatoms. The summed E-state index contributed by atoms with van der Waals surface area (Å²) in [6, 6.07) is 6.52. The highest BCUT2D eigenvalue weighted by Crippen LogP contribution is 2.31. The summed E-state index contributed by atoms with van der Waals surface area (Å²) in [5.41, 5.74) is 18.1. The molecule has 2 aromatic rings. The molecule has 21 heavy (non-hydrogen) atoms. The number of hydrogen-bond acceptors (Lipinski definition) is 7. The van der Waals surface area contributed by atoms with Crippen LogP contribution in [0.5, 0.6) is 0 Å². The van der Waals surface area contributed by atoms with E-state index < -0.39 is 0 Å². The van der Waals surface area contributed by atoms with Gasteiger partial charge in [0.25, 0.3) is 5.91 Å².